The molecule has 0 unspecified atom stereocenters. The second kappa shape index (κ2) is 10.8. The lowest BCUT2D eigenvalue weighted by Crippen LogP contribution is -2.22. The van der Waals surface area contributed by atoms with Crippen LogP contribution in [-0.4, -0.2) is 56.7 Å². The molecule has 1 amide bonds. The largest absolute Gasteiger partial charge is 0.455 e. The van der Waals surface area contributed by atoms with E-state index in [0.29, 0.717) is 16.8 Å². The molecule has 0 fully saturated rings. The van der Waals surface area contributed by atoms with E-state index in [0.717, 1.165) is 5.56 Å². The highest BCUT2D eigenvalue weighted by molar-refractivity contribution is 5.95. The standard InChI is InChI=1S/C25H24F3N7O3/c1-14-11-16(9-10-17(14)22(37)35(2)3)30-24-29-12-18(21-33-23(34-38-21)25(26,27)28)20(32-24)31-19(13-36)15-7-5-4-6-8-15/h4-12,19,36H,13H2,1-3H3,(H2,29,30,31,32)/t19-/m1/s1. The van der Waals surface area contributed by atoms with E-state index >= 15 is 0 Å². The third kappa shape index (κ3) is 5.89. The summed E-state index contributed by atoms with van der Waals surface area (Å²) in [6.07, 6.45) is -3.56. The Hall–Kier alpha value is -4.52. The van der Waals surface area contributed by atoms with Gasteiger partial charge in [0.25, 0.3) is 17.6 Å². The van der Waals surface area contributed by atoms with Crippen molar-refractivity contribution in [2.45, 2.75) is 19.1 Å². The number of nitrogens with one attached hydrogen (secondary N) is 2. The highest BCUT2D eigenvalue weighted by Crippen LogP contribution is 2.33. The van der Waals surface area contributed by atoms with Gasteiger partial charge in [0.1, 0.15) is 11.4 Å². The smallest absolute Gasteiger partial charge is 0.394 e. The first kappa shape index (κ1) is 26.5. The van der Waals surface area contributed by atoms with Gasteiger partial charge >= 0.3 is 6.18 Å². The fourth-order valence-electron chi connectivity index (χ4n) is 3.59. The molecule has 10 nitrogen and oxygen atoms in total. The Bertz CT molecular complexity index is 1430. The van der Waals surface area contributed by atoms with Crippen LogP contribution in [0.2, 0.25) is 0 Å². The van der Waals surface area contributed by atoms with Gasteiger partial charge in [0, 0.05) is 31.5 Å². The summed E-state index contributed by atoms with van der Waals surface area (Å²) < 4.78 is 44.0. The van der Waals surface area contributed by atoms with Gasteiger partial charge in [0.15, 0.2) is 0 Å². The number of aliphatic hydroxyl groups is 1. The molecule has 13 heteroatoms. The number of aliphatic hydroxyl groups excluding tert-OH is 1. The second-order valence-electron chi connectivity index (χ2n) is 8.52. The quantitative estimate of drug-likeness (QED) is 0.304. The molecule has 4 rings (SSSR count). The zero-order valence-electron chi connectivity index (χ0n) is 20.6. The molecule has 3 N–H and O–H groups in total. The number of alkyl halides is 3. The van der Waals surface area contributed by atoms with Crippen LogP contribution in [0.25, 0.3) is 11.5 Å². The van der Waals surface area contributed by atoms with Crippen molar-refractivity contribution in [2.75, 3.05) is 31.3 Å². The number of aryl methyl sites for hydroxylation is 1. The van der Waals surface area contributed by atoms with Crippen molar-refractivity contribution in [3.05, 3.63) is 77.2 Å². The number of halogens is 3. The van der Waals surface area contributed by atoms with Crippen LogP contribution in [0.1, 0.15) is 33.4 Å². The molecule has 0 bridgehead atoms. The maximum absolute atomic E-state index is 13.1. The lowest BCUT2D eigenvalue weighted by molar-refractivity contribution is -0.146. The van der Waals surface area contributed by atoms with E-state index in [1.54, 1.807) is 63.5 Å². The minimum Gasteiger partial charge on any atom is -0.394 e. The molecule has 2 aromatic heterocycles. The number of nitrogens with zero attached hydrogens (tertiary/aromatic N) is 5. The van der Waals surface area contributed by atoms with Crippen LogP contribution in [0.15, 0.2) is 59.3 Å². The number of carbonyl (C=O) groups is 1. The van der Waals surface area contributed by atoms with Crippen molar-refractivity contribution < 1.29 is 27.6 Å². The number of carbonyl (C=O) groups excluding carboxylic acids is 1. The summed E-state index contributed by atoms with van der Waals surface area (Å²) in [5, 5.41) is 19.1. The maximum atomic E-state index is 13.1. The van der Waals surface area contributed by atoms with Crippen LogP contribution in [-0.2, 0) is 6.18 Å². The third-order valence-corrected chi connectivity index (χ3v) is 5.51. The van der Waals surface area contributed by atoms with Gasteiger partial charge in [-0.05, 0) is 36.2 Å². The van der Waals surface area contributed by atoms with Gasteiger partial charge in [-0.1, -0.05) is 35.5 Å². The van der Waals surface area contributed by atoms with E-state index in [1.807, 2.05) is 6.07 Å². The summed E-state index contributed by atoms with van der Waals surface area (Å²) in [7, 11) is 3.32. The van der Waals surface area contributed by atoms with Crippen LogP contribution in [0.4, 0.5) is 30.6 Å². The number of rotatable bonds is 8. The van der Waals surface area contributed by atoms with E-state index in [4.69, 9.17) is 4.52 Å². The van der Waals surface area contributed by atoms with Gasteiger partial charge in [-0.2, -0.15) is 23.1 Å². The number of amides is 1. The predicted molar refractivity (Wildman–Crippen MR) is 133 cm³/mol. The first-order valence-electron chi connectivity index (χ1n) is 11.4. The van der Waals surface area contributed by atoms with Crippen molar-refractivity contribution in [1.29, 1.82) is 0 Å². The Morgan fingerprint density at radius 3 is 2.47 bits per heavy atom. The number of hydrogen-bond acceptors (Lipinski definition) is 9. The Morgan fingerprint density at radius 1 is 1.13 bits per heavy atom. The van der Waals surface area contributed by atoms with Crippen LogP contribution in [0, 0.1) is 6.92 Å². The second-order valence-corrected chi connectivity index (χ2v) is 8.52. The van der Waals surface area contributed by atoms with Gasteiger partial charge in [0.2, 0.25) is 5.95 Å². The van der Waals surface area contributed by atoms with Gasteiger partial charge < -0.3 is 25.2 Å². The van der Waals surface area contributed by atoms with Crippen LogP contribution < -0.4 is 10.6 Å². The first-order valence-corrected chi connectivity index (χ1v) is 11.4. The molecule has 0 saturated carbocycles. The van der Waals surface area contributed by atoms with Crippen LogP contribution in [0.5, 0.6) is 0 Å². The van der Waals surface area contributed by atoms with Crippen molar-refractivity contribution >= 4 is 23.4 Å². The summed E-state index contributed by atoms with van der Waals surface area (Å²) in [6, 6.07) is 13.4. The maximum Gasteiger partial charge on any atom is 0.455 e. The van der Waals surface area contributed by atoms with E-state index in [1.165, 1.54) is 11.1 Å². The van der Waals surface area contributed by atoms with Gasteiger partial charge in [-0.15, -0.1) is 0 Å². The summed E-state index contributed by atoms with van der Waals surface area (Å²) in [5.41, 5.74) is 2.56. The van der Waals surface area contributed by atoms with E-state index in [9.17, 15) is 23.1 Å². The average Bonchev–Trinajstić information content (AvgIpc) is 3.38. The molecule has 198 valence electrons. The summed E-state index contributed by atoms with van der Waals surface area (Å²) in [5.74, 6) is -1.87. The molecule has 0 aliphatic heterocycles. The van der Waals surface area contributed by atoms with Gasteiger partial charge in [-0.25, -0.2) is 4.98 Å². The monoisotopic (exact) mass is 527 g/mol. The molecule has 0 radical (unpaired) electrons. The molecule has 0 aliphatic rings. The summed E-state index contributed by atoms with van der Waals surface area (Å²) in [6.45, 7) is 1.45. The Balaban J connectivity index is 1.70. The minimum atomic E-state index is -4.80. The zero-order valence-corrected chi connectivity index (χ0v) is 20.6. The van der Waals surface area contributed by atoms with Crippen molar-refractivity contribution in [1.82, 2.24) is 25.0 Å². The van der Waals surface area contributed by atoms with E-state index in [2.05, 4.69) is 30.7 Å². The van der Waals surface area contributed by atoms with Crippen molar-refractivity contribution in [3.8, 4) is 11.5 Å². The van der Waals surface area contributed by atoms with E-state index in [-0.39, 0.29) is 29.8 Å². The predicted octanol–water partition coefficient (Wildman–Crippen LogP) is 4.44. The number of aromatic nitrogens is 4. The third-order valence-electron chi connectivity index (χ3n) is 5.51. The lowest BCUT2D eigenvalue weighted by Gasteiger charge is -2.19. The zero-order chi connectivity index (χ0) is 27.4. The van der Waals surface area contributed by atoms with Gasteiger partial charge in [-0.3, -0.25) is 4.79 Å². The summed E-state index contributed by atoms with van der Waals surface area (Å²) in [4.78, 5) is 25.9. The number of hydrogen-bond donors (Lipinski definition) is 3. The number of anilines is 3. The van der Waals surface area contributed by atoms with Crippen molar-refractivity contribution in [3.63, 3.8) is 0 Å². The first-order chi connectivity index (χ1) is 18.1. The molecule has 4 aromatic rings. The highest BCUT2D eigenvalue weighted by Gasteiger charge is 2.37. The molecular formula is C25H24F3N7O3. The molecule has 2 aromatic carbocycles. The lowest BCUT2D eigenvalue weighted by atomic mass is 10.1. The minimum absolute atomic E-state index is 0.0102. The molecule has 0 saturated heterocycles. The Kier molecular flexibility index (Phi) is 7.57. The van der Waals surface area contributed by atoms with Crippen LogP contribution in [0.3, 0.4) is 0 Å². The SMILES string of the molecule is Cc1cc(Nc2ncc(-c3nc(C(F)(F)F)no3)c(N[C@H](CO)c3ccccc3)n2)ccc1C(=O)N(C)C. The normalized spacial score (nSPS) is 12.2. The fraction of sp³-hybridized carbons (Fsp3) is 0.240. The molecule has 1 atom stereocenters. The molecular weight excluding hydrogens is 503 g/mol. The van der Waals surface area contributed by atoms with Crippen molar-refractivity contribution in [2.24, 2.45) is 0 Å². The topological polar surface area (TPSA) is 129 Å². The summed E-state index contributed by atoms with van der Waals surface area (Å²) >= 11 is 0. The van der Waals surface area contributed by atoms with E-state index < -0.39 is 23.9 Å². The molecule has 0 aliphatic carbocycles. The molecule has 38 heavy (non-hydrogen) atoms. The van der Waals surface area contributed by atoms with Crippen LogP contribution >= 0.6 is 0 Å². The van der Waals surface area contributed by atoms with Gasteiger partial charge in [0.05, 0.1) is 12.6 Å². The highest BCUT2D eigenvalue weighted by atomic mass is 19.4. The molecule has 0 spiro atoms. The number of benzene rings is 2. The Labute approximate surface area is 215 Å². The Morgan fingerprint density at radius 2 is 1.87 bits per heavy atom. The average molecular weight is 528 g/mol. The fourth-order valence-corrected chi connectivity index (χ4v) is 3.59. The molecule has 2 heterocycles.